The van der Waals surface area contributed by atoms with Crippen LogP contribution in [-0.4, -0.2) is 153 Å². The number of rotatable bonds is 3. The number of nitrogens with zero attached hydrogens (tertiary/aromatic N) is 1. The van der Waals surface area contributed by atoms with Gasteiger partial charge in [0.1, 0.15) is 44.3 Å². The van der Waals surface area contributed by atoms with E-state index in [4.69, 9.17) is 64.4 Å². The van der Waals surface area contributed by atoms with Gasteiger partial charge in [0.15, 0.2) is 29.1 Å². The number of benzene rings is 2. The maximum Gasteiger partial charge on any atom is 0.394 e. The molecule has 74 heavy (non-hydrogen) atoms. The van der Waals surface area contributed by atoms with E-state index in [1.807, 2.05) is 6.92 Å². The molecule has 0 amide bonds. The average molecular weight is 1100 g/mol. The van der Waals surface area contributed by atoms with Crippen LogP contribution < -0.4 is 9.47 Å². The minimum absolute atomic E-state index is 0.0131. The zero-order chi connectivity index (χ0) is 55.2. The van der Waals surface area contributed by atoms with E-state index in [-0.39, 0.29) is 80.5 Å². The Kier molecular flexibility index (Phi) is 14.0. The van der Waals surface area contributed by atoms with E-state index < -0.39 is 109 Å². The van der Waals surface area contributed by atoms with Crippen molar-refractivity contribution in [3.05, 3.63) is 49.5 Å². The summed E-state index contributed by atoms with van der Waals surface area (Å²) in [5, 5.41) is 94.0. The first-order valence-corrected chi connectivity index (χ1v) is 26.6. The molecule has 4 aliphatic heterocycles. The average Bonchev–Trinajstić information content (AvgIpc) is 3.42. The van der Waals surface area contributed by atoms with Gasteiger partial charge >= 0.3 is 28.3 Å². The number of aromatic hydroxyl groups is 2. The number of allylic oxidation sites excluding steroid dienone is 1. The number of piperidine rings is 2. The molecule has 2 aromatic rings. The van der Waals surface area contributed by atoms with Gasteiger partial charge in [-0.25, -0.2) is 14.4 Å². The van der Waals surface area contributed by atoms with Crippen molar-refractivity contribution in [1.82, 2.24) is 4.90 Å². The number of ether oxygens (including phenoxy) is 5. The third kappa shape index (κ3) is 7.82. The summed E-state index contributed by atoms with van der Waals surface area (Å²) >= 11 is 12.2. The topological polar surface area (TPSA) is 337 Å². The number of carbonyl (C=O) groups is 3. The number of carbonyl (C=O) groups excluding carboxylic acids is 3. The molecule has 14 unspecified atom stereocenters. The van der Waals surface area contributed by atoms with Crippen molar-refractivity contribution >= 4 is 51.5 Å². The number of esters is 3. The number of fused-ring (bicyclic) bond motifs is 7. The third-order valence-corrected chi connectivity index (χ3v) is 19.3. The Balaban J connectivity index is 0.000000196. The zero-order valence-corrected chi connectivity index (χ0v) is 44.7. The monoisotopic (exact) mass is 1100 g/mol. The molecule has 7 fully saturated rings. The summed E-state index contributed by atoms with van der Waals surface area (Å²) in [6, 6.07) is -0.387. The van der Waals surface area contributed by atoms with Crippen LogP contribution in [0.5, 0.6) is 28.7 Å². The first-order valence-electron chi connectivity index (χ1n) is 24.4. The van der Waals surface area contributed by atoms with Gasteiger partial charge in [-0.1, -0.05) is 43.1 Å². The second-order valence-electron chi connectivity index (χ2n) is 22.0. The highest BCUT2D eigenvalue weighted by molar-refractivity contribution is 7.79. The summed E-state index contributed by atoms with van der Waals surface area (Å²) < 4.78 is 60.1. The Morgan fingerprint density at radius 3 is 2.04 bits per heavy atom. The smallest absolute Gasteiger partial charge is 0.394 e. The number of methoxy groups -OCH3 is 1. The molecule has 410 valence electrons. The number of hydrogen-bond donors (Lipinski definition) is 10. The van der Waals surface area contributed by atoms with Crippen molar-refractivity contribution in [1.29, 1.82) is 0 Å². The van der Waals surface area contributed by atoms with Crippen molar-refractivity contribution in [3.63, 3.8) is 0 Å². The van der Waals surface area contributed by atoms with Crippen LogP contribution in [0.25, 0.3) is 0 Å². The lowest BCUT2D eigenvalue weighted by molar-refractivity contribution is -0.354. The minimum atomic E-state index is -4.67. The molecule has 0 radical (unpaired) electrons. The van der Waals surface area contributed by atoms with Gasteiger partial charge in [-0.05, 0) is 91.5 Å². The first-order chi connectivity index (χ1) is 34.1. The van der Waals surface area contributed by atoms with Gasteiger partial charge in [0.2, 0.25) is 5.79 Å². The number of phenols is 2. The number of hydrogen-bond acceptors (Lipinski definition) is 19. The highest BCUT2D eigenvalue weighted by Gasteiger charge is 2.89. The third-order valence-electron chi connectivity index (χ3n) is 18.4. The molecule has 1 spiro atoms. The van der Waals surface area contributed by atoms with Crippen molar-refractivity contribution < 1.29 is 96.4 Å². The Morgan fingerprint density at radius 2 is 1.43 bits per heavy atom. The molecule has 2 aromatic carbocycles. The predicted molar refractivity (Wildman–Crippen MR) is 261 cm³/mol. The second-order valence-corrected chi connectivity index (χ2v) is 23.7. The van der Waals surface area contributed by atoms with Crippen molar-refractivity contribution in [3.8, 4) is 28.7 Å². The molecule has 10 rings (SSSR count). The molecule has 8 aliphatic rings. The lowest BCUT2D eigenvalue weighted by atomic mass is 9.49. The standard InChI is InChI=1S/C32H49NO9.C18H14Cl2O7.H2O4S/c1-6-18(3)25(35)41-24-11-12-26(4)19-8-9-20-28(37)13-23(34)31(39)21(29(28,38)16-30(20,26)42-32(19,24)40)15-33-14-17(2)7-10-22(33)27(31,5)36;1-5-9-16(11(20)13(22)10(5)19)26-14-6(2)8(17(23)25-4)12(21)7(3)15(14)27-18(9)24;1-5(2,3)4/h6,17,19-24,34,36-40H,7-16H2,1-5H3;21-22H,1-4H3;(H2,1,2,3,4). The van der Waals surface area contributed by atoms with Gasteiger partial charge in [0.25, 0.3) is 0 Å². The number of phenolic OH excluding ortho intramolecular Hbond substituents is 2. The maximum absolute atomic E-state index is 12.9. The molecule has 24 heteroatoms. The number of halogens is 2. The molecule has 4 aliphatic carbocycles. The molecule has 21 nitrogen and oxygen atoms in total. The van der Waals surface area contributed by atoms with E-state index in [0.29, 0.717) is 50.1 Å². The highest BCUT2D eigenvalue weighted by atomic mass is 35.5. The lowest BCUT2D eigenvalue weighted by Gasteiger charge is -2.68. The summed E-state index contributed by atoms with van der Waals surface area (Å²) in [4.78, 5) is 39.7. The molecule has 4 saturated carbocycles. The molecular weight excluding hydrogens is 1040 g/mol. The van der Waals surface area contributed by atoms with Crippen molar-refractivity contribution in [2.24, 2.45) is 29.1 Å². The summed E-state index contributed by atoms with van der Waals surface area (Å²) in [5.41, 5.74) is -8.69. The molecule has 14 atom stereocenters. The second kappa shape index (κ2) is 18.4. The van der Waals surface area contributed by atoms with E-state index in [1.165, 1.54) is 27.9 Å². The van der Waals surface area contributed by atoms with Crippen LogP contribution in [0, 0.1) is 49.9 Å². The van der Waals surface area contributed by atoms with Gasteiger partial charge < -0.3 is 64.5 Å². The molecule has 4 bridgehead atoms. The fourth-order valence-electron chi connectivity index (χ4n) is 14.7. The van der Waals surface area contributed by atoms with E-state index in [0.717, 1.165) is 6.42 Å². The zero-order valence-electron chi connectivity index (χ0n) is 42.4. The highest BCUT2D eigenvalue weighted by Crippen LogP contribution is 2.78. The number of aliphatic hydroxyl groups excluding tert-OH is 1. The summed E-state index contributed by atoms with van der Waals surface area (Å²) in [7, 11) is -3.50. The Morgan fingerprint density at radius 1 is 0.824 bits per heavy atom. The van der Waals surface area contributed by atoms with E-state index >= 15 is 0 Å². The Labute approximate surface area is 437 Å². The molecular formula is C50H65Cl2NO20S. The fourth-order valence-corrected chi connectivity index (χ4v) is 15.1. The van der Waals surface area contributed by atoms with Gasteiger partial charge in [-0.15, -0.1) is 0 Å². The van der Waals surface area contributed by atoms with E-state index in [9.17, 15) is 55.2 Å². The van der Waals surface area contributed by atoms with Gasteiger partial charge in [-0.2, -0.15) is 8.42 Å². The van der Waals surface area contributed by atoms with Gasteiger partial charge in [0, 0.05) is 71.8 Å². The normalized spacial score (nSPS) is 39.5. The van der Waals surface area contributed by atoms with E-state index in [2.05, 4.69) is 11.8 Å². The quantitative estimate of drug-likeness (QED) is 0.0855. The minimum Gasteiger partial charge on any atom is -0.507 e. The SMILES string of the molecule is CC=C(C)C(=O)OC1CCC2(C)C3CCC4C5(O)CC(O)C6(O)C(CN7CC(C)CCC7C6(C)O)C5(O)CC42OC13O.COC(=O)c1c(C)c2c(c(C)c1O)OC(=O)c1c(C)c(Cl)c(O)c(Cl)c1O2.O=S(=O)(O)O. The van der Waals surface area contributed by atoms with Crippen LogP contribution in [0.3, 0.4) is 0 Å². The summed E-state index contributed by atoms with van der Waals surface area (Å²) in [5.74, 6) is -6.78. The molecule has 0 aromatic heterocycles. The van der Waals surface area contributed by atoms with E-state index in [1.54, 1.807) is 26.8 Å². The van der Waals surface area contributed by atoms with Gasteiger partial charge in [-0.3, -0.25) is 14.0 Å². The largest absolute Gasteiger partial charge is 0.507 e. The van der Waals surface area contributed by atoms with Crippen LogP contribution in [0.15, 0.2) is 11.6 Å². The van der Waals surface area contributed by atoms with Crippen LogP contribution >= 0.6 is 23.2 Å². The van der Waals surface area contributed by atoms with Crippen LogP contribution in [-0.2, 0) is 29.4 Å². The molecule has 3 saturated heterocycles. The van der Waals surface area contributed by atoms with Crippen molar-refractivity contribution in [2.75, 3.05) is 20.2 Å². The number of aliphatic hydroxyl groups is 6. The lowest BCUT2D eigenvalue weighted by Crippen LogP contribution is -2.85. The van der Waals surface area contributed by atoms with Gasteiger partial charge in [0.05, 0.1) is 23.8 Å². The van der Waals surface area contributed by atoms with Crippen LogP contribution in [0.4, 0.5) is 0 Å². The Bertz CT molecular complexity index is 2850. The molecule has 10 N–H and O–H groups in total. The Hall–Kier alpha value is -3.88. The van der Waals surface area contributed by atoms with Crippen LogP contribution in [0.2, 0.25) is 10.0 Å². The summed E-state index contributed by atoms with van der Waals surface area (Å²) in [6.45, 7) is 14.5. The maximum atomic E-state index is 12.9. The molecule has 4 heterocycles. The first kappa shape index (κ1) is 56.3. The summed E-state index contributed by atoms with van der Waals surface area (Å²) in [6.07, 6.45) is 2.30. The van der Waals surface area contributed by atoms with Crippen molar-refractivity contribution in [2.45, 2.75) is 159 Å². The van der Waals surface area contributed by atoms with Crippen LogP contribution in [0.1, 0.15) is 123 Å². The predicted octanol–water partition coefficient (Wildman–Crippen LogP) is 4.78. The fraction of sp³-hybridized carbons (Fsp3) is 0.660.